The van der Waals surface area contributed by atoms with Gasteiger partial charge in [-0.25, -0.2) is 22.0 Å². The van der Waals surface area contributed by atoms with Gasteiger partial charge in [-0.2, -0.15) is 4.99 Å². The highest BCUT2D eigenvalue weighted by molar-refractivity contribution is 7.78. The third kappa shape index (κ3) is 5.05. The number of isothiocyanates is 1. The maximum atomic E-state index is 14.5. The van der Waals surface area contributed by atoms with Crippen LogP contribution in [-0.2, 0) is 6.42 Å². The molecule has 0 fully saturated rings. The highest BCUT2D eigenvalue weighted by atomic mass is 32.1. The number of halogens is 5. The van der Waals surface area contributed by atoms with Gasteiger partial charge in [0.05, 0.1) is 10.7 Å². The van der Waals surface area contributed by atoms with Crippen molar-refractivity contribution in [3.8, 4) is 23.0 Å². The summed E-state index contributed by atoms with van der Waals surface area (Å²) in [4.78, 5) is 3.30. The Kier molecular flexibility index (Phi) is 6.96. The zero-order valence-electron chi connectivity index (χ0n) is 16.2. The minimum Gasteiger partial charge on any atom is -0.207 e. The van der Waals surface area contributed by atoms with Gasteiger partial charge in [0.2, 0.25) is 0 Å². The van der Waals surface area contributed by atoms with Crippen LogP contribution in [0.5, 0.6) is 0 Å². The molecule has 0 radical (unpaired) electrons. The minimum atomic E-state index is -0.979. The van der Waals surface area contributed by atoms with E-state index < -0.39 is 34.8 Å². The van der Waals surface area contributed by atoms with Gasteiger partial charge in [-0.3, -0.25) is 0 Å². The lowest BCUT2D eigenvalue weighted by Gasteiger charge is -2.08. The summed E-state index contributed by atoms with van der Waals surface area (Å²) in [5, 5.41) is 1.88. The molecule has 3 rings (SSSR count). The lowest BCUT2D eigenvalue weighted by Crippen LogP contribution is -1.97. The van der Waals surface area contributed by atoms with Gasteiger partial charge in [0.25, 0.3) is 0 Å². The Labute approximate surface area is 181 Å². The number of hydrogen-bond acceptors (Lipinski definition) is 2. The predicted octanol–water partition coefficient (Wildman–Crippen LogP) is 7.14. The smallest absolute Gasteiger partial charge is 0.153 e. The van der Waals surface area contributed by atoms with Gasteiger partial charge in [0, 0.05) is 11.1 Å². The van der Waals surface area contributed by atoms with Crippen molar-refractivity contribution in [3.63, 3.8) is 0 Å². The van der Waals surface area contributed by atoms with E-state index in [4.69, 9.17) is 0 Å². The molecule has 0 aromatic heterocycles. The summed E-state index contributed by atoms with van der Waals surface area (Å²) in [6, 6.07) is 8.07. The topological polar surface area (TPSA) is 12.4 Å². The van der Waals surface area contributed by atoms with Crippen molar-refractivity contribution in [3.05, 3.63) is 88.2 Å². The van der Waals surface area contributed by atoms with Crippen LogP contribution in [0.1, 0.15) is 30.0 Å². The van der Waals surface area contributed by atoms with Gasteiger partial charge in [0.1, 0.15) is 23.1 Å². The van der Waals surface area contributed by atoms with Crippen LogP contribution in [0.15, 0.2) is 47.5 Å². The third-order valence-corrected chi connectivity index (χ3v) is 4.55. The van der Waals surface area contributed by atoms with Gasteiger partial charge in [-0.15, -0.1) is 0 Å². The summed E-state index contributed by atoms with van der Waals surface area (Å²) in [5.41, 5.74) is -0.210. The van der Waals surface area contributed by atoms with Gasteiger partial charge in [0.15, 0.2) is 11.6 Å². The summed E-state index contributed by atoms with van der Waals surface area (Å²) < 4.78 is 70.6. The van der Waals surface area contributed by atoms with Gasteiger partial charge >= 0.3 is 0 Å². The first-order chi connectivity index (χ1) is 14.8. The molecule has 0 aliphatic rings. The minimum absolute atomic E-state index is 0.00372. The van der Waals surface area contributed by atoms with E-state index in [0.717, 1.165) is 30.3 Å². The van der Waals surface area contributed by atoms with Gasteiger partial charge in [-0.1, -0.05) is 31.3 Å². The average Bonchev–Trinajstić information content (AvgIpc) is 2.72. The van der Waals surface area contributed by atoms with Crippen LogP contribution in [0, 0.1) is 40.9 Å². The van der Waals surface area contributed by atoms with Crippen molar-refractivity contribution in [2.45, 2.75) is 19.8 Å². The second kappa shape index (κ2) is 9.65. The van der Waals surface area contributed by atoms with Crippen molar-refractivity contribution in [2.24, 2.45) is 4.99 Å². The van der Waals surface area contributed by atoms with E-state index in [9.17, 15) is 22.0 Å². The first-order valence-electron chi connectivity index (χ1n) is 9.20. The molecule has 0 aliphatic carbocycles. The number of hydrogen-bond donors (Lipinski definition) is 0. The first-order valence-corrected chi connectivity index (χ1v) is 9.61. The van der Waals surface area contributed by atoms with Crippen molar-refractivity contribution in [1.82, 2.24) is 0 Å². The van der Waals surface area contributed by atoms with Crippen LogP contribution in [-0.4, -0.2) is 5.16 Å². The highest BCUT2D eigenvalue weighted by Gasteiger charge is 2.13. The summed E-state index contributed by atoms with van der Waals surface area (Å²) >= 11 is 4.33. The Balaban J connectivity index is 1.92. The van der Waals surface area contributed by atoms with E-state index in [0.29, 0.717) is 6.42 Å². The molecule has 0 atom stereocenters. The van der Waals surface area contributed by atoms with Crippen LogP contribution >= 0.6 is 12.2 Å². The molecule has 7 heteroatoms. The van der Waals surface area contributed by atoms with Crippen molar-refractivity contribution >= 4 is 23.1 Å². The Morgan fingerprint density at radius 1 is 0.774 bits per heavy atom. The van der Waals surface area contributed by atoms with Crippen LogP contribution < -0.4 is 0 Å². The Hall–Kier alpha value is -3.33. The zero-order valence-corrected chi connectivity index (χ0v) is 17.0. The van der Waals surface area contributed by atoms with Crippen LogP contribution in [0.3, 0.4) is 0 Å². The van der Waals surface area contributed by atoms with Crippen LogP contribution in [0.25, 0.3) is 11.1 Å². The largest absolute Gasteiger partial charge is 0.207 e. The fourth-order valence-electron chi connectivity index (χ4n) is 2.98. The molecule has 0 amide bonds. The number of nitrogens with zero attached hydrogens (tertiary/aromatic N) is 1. The fraction of sp³-hybridized carbons (Fsp3) is 0.125. The van der Waals surface area contributed by atoms with Gasteiger partial charge in [-0.05, 0) is 66.2 Å². The van der Waals surface area contributed by atoms with Gasteiger partial charge < -0.3 is 0 Å². The molecule has 0 saturated heterocycles. The first kappa shape index (κ1) is 22.4. The summed E-state index contributed by atoms with van der Waals surface area (Å²) in [5.74, 6) is 0.885. The molecule has 0 bridgehead atoms. The third-order valence-electron chi connectivity index (χ3n) is 4.46. The monoisotopic (exact) mass is 443 g/mol. The molecule has 1 nitrogen and oxygen atoms in total. The summed E-state index contributed by atoms with van der Waals surface area (Å²) in [7, 11) is 0. The normalized spacial score (nSPS) is 10.3. The van der Waals surface area contributed by atoms with E-state index in [-0.39, 0.29) is 34.2 Å². The lowest BCUT2D eigenvalue weighted by molar-refractivity contribution is 0.554. The number of rotatable bonds is 4. The lowest BCUT2D eigenvalue weighted by atomic mass is 9.99. The Bertz CT molecular complexity index is 1220. The molecule has 3 aromatic carbocycles. The average molecular weight is 443 g/mol. The Morgan fingerprint density at radius 2 is 1.39 bits per heavy atom. The van der Waals surface area contributed by atoms with E-state index in [1.165, 1.54) is 12.1 Å². The molecule has 0 N–H and O–H groups in total. The number of benzene rings is 3. The van der Waals surface area contributed by atoms with Crippen LogP contribution in [0.4, 0.5) is 27.6 Å². The molecular formula is C24H14F5NS. The second-order valence-corrected chi connectivity index (χ2v) is 6.79. The second-order valence-electron chi connectivity index (χ2n) is 6.60. The van der Waals surface area contributed by atoms with E-state index in [1.807, 2.05) is 12.1 Å². The quantitative estimate of drug-likeness (QED) is 0.181. The van der Waals surface area contributed by atoms with Crippen molar-refractivity contribution < 1.29 is 22.0 Å². The zero-order chi connectivity index (χ0) is 22.5. The number of aliphatic imine (C=N–C) groups is 1. The molecule has 0 spiro atoms. The molecule has 3 aromatic rings. The van der Waals surface area contributed by atoms with E-state index >= 15 is 0 Å². The number of thiocarbonyl (C=S) groups is 1. The van der Waals surface area contributed by atoms with Crippen molar-refractivity contribution in [1.29, 1.82) is 0 Å². The maximum absolute atomic E-state index is 14.5. The Morgan fingerprint density at radius 3 is 1.94 bits per heavy atom. The maximum Gasteiger partial charge on any atom is 0.153 e. The molecule has 0 heterocycles. The van der Waals surface area contributed by atoms with E-state index in [1.54, 1.807) is 0 Å². The van der Waals surface area contributed by atoms with Crippen molar-refractivity contribution in [2.75, 3.05) is 0 Å². The fourth-order valence-corrected chi connectivity index (χ4v) is 3.08. The molecule has 31 heavy (non-hydrogen) atoms. The van der Waals surface area contributed by atoms with E-state index in [2.05, 4.69) is 29.1 Å². The van der Waals surface area contributed by atoms with Crippen LogP contribution in [0.2, 0.25) is 0 Å². The standard InChI is InChI=1S/C24H14F5NS/c1-2-3-18-20(26)11-17(12-21(18)27)16-7-6-15(19(25)10-16)5-4-14-8-22(28)24(30-13-31)23(29)9-14/h6-12H,2-3H2,1H3. The summed E-state index contributed by atoms with van der Waals surface area (Å²) in [6.07, 6.45) is 0.853. The molecular weight excluding hydrogens is 429 g/mol. The highest BCUT2D eigenvalue weighted by Crippen LogP contribution is 2.27. The SMILES string of the molecule is CCCc1c(F)cc(-c2ccc(C#Cc3cc(F)c(N=C=S)c(F)c3)c(F)c2)cc1F. The summed E-state index contributed by atoms with van der Waals surface area (Å²) in [6.45, 7) is 1.81. The molecule has 0 aliphatic heterocycles. The molecule has 0 unspecified atom stereocenters. The molecule has 0 saturated carbocycles. The molecule has 156 valence electrons. The predicted molar refractivity (Wildman–Crippen MR) is 113 cm³/mol.